The average molecular weight is 326 g/mol. The van der Waals surface area contributed by atoms with Gasteiger partial charge in [-0.15, -0.1) is 0 Å². The zero-order valence-electron chi connectivity index (χ0n) is 12.6. The van der Waals surface area contributed by atoms with Gasteiger partial charge in [0.1, 0.15) is 31.6 Å². The second-order valence-electron chi connectivity index (χ2n) is 5.21. The number of carbonyl (C=O) groups is 1. The van der Waals surface area contributed by atoms with Gasteiger partial charge in [0.05, 0.1) is 6.33 Å². The molecule has 1 amide bonds. The quantitative estimate of drug-likeness (QED) is 0.731. The number of hydrogen-bond acceptors (Lipinski definition) is 7. The first-order valence-electron chi connectivity index (χ1n) is 7.31. The Balaban J connectivity index is 1.51. The van der Waals surface area contributed by atoms with Crippen LogP contribution in [0.15, 0.2) is 30.9 Å². The van der Waals surface area contributed by atoms with E-state index in [1.54, 1.807) is 22.8 Å². The number of anilines is 2. The molecule has 0 bridgehead atoms. The summed E-state index contributed by atoms with van der Waals surface area (Å²) in [4.78, 5) is 24.4. The first-order chi connectivity index (χ1) is 11.7. The topological polar surface area (TPSA) is 117 Å². The zero-order chi connectivity index (χ0) is 16.5. The lowest BCUT2D eigenvalue weighted by Crippen LogP contribution is -2.19. The highest BCUT2D eigenvalue weighted by Gasteiger charge is 2.14. The Bertz CT molecular complexity index is 923. The van der Waals surface area contributed by atoms with Gasteiger partial charge < -0.3 is 25.1 Å². The number of nitrogens with two attached hydrogens (primary N) is 1. The van der Waals surface area contributed by atoms with Gasteiger partial charge >= 0.3 is 0 Å². The SMILES string of the molecule is Nc1ncnc2c1ncn2CC(=O)Nc1ccc2c(c1)OCCO2. The number of ether oxygens (including phenoxy) is 2. The van der Waals surface area contributed by atoms with Crippen LogP contribution in [0, 0.1) is 0 Å². The molecular weight excluding hydrogens is 312 g/mol. The predicted octanol–water partition coefficient (Wildman–Crippen LogP) is 0.818. The standard InChI is InChI=1S/C15H14N6O3/c16-14-13-15(18-7-17-14)21(8-19-13)6-12(22)20-9-1-2-10-11(5-9)24-4-3-23-10/h1-2,5,7-8H,3-4,6H2,(H,20,22)(H2,16,17,18). The molecule has 24 heavy (non-hydrogen) atoms. The third-order valence-corrected chi connectivity index (χ3v) is 3.57. The molecule has 0 saturated heterocycles. The van der Waals surface area contributed by atoms with E-state index in [1.807, 2.05) is 0 Å². The molecule has 1 aliphatic heterocycles. The summed E-state index contributed by atoms with van der Waals surface area (Å²) < 4.78 is 12.6. The van der Waals surface area contributed by atoms with Crippen LogP contribution >= 0.6 is 0 Å². The lowest BCUT2D eigenvalue weighted by atomic mass is 10.2. The lowest BCUT2D eigenvalue weighted by molar-refractivity contribution is -0.116. The molecule has 0 unspecified atom stereocenters. The third kappa shape index (κ3) is 2.56. The number of aromatic nitrogens is 4. The molecule has 0 fully saturated rings. The van der Waals surface area contributed by atoms with Crippen molar-refractivity contribution < 1.29 is 14.3 Å². The van der Waals surface area contributed by atoms with Gasteiger partial charge in [0, 0.05) is 11.8 Å². The molecule has 0 spiro atoms. The molecule has 0 atom stereocenters. The van der Waals surface area contributed by atoms with Gasteiger partial charge in [-0.1, -0.05) is 0 Å². The Morgan fingerprint density at radius 1 is 1.21 bits per heavy atom. The molecule has 2 aromatic heterocycles. The largest absolute Gasteiger partial charge is 0.486 e. The zero-order valence-corrected chi connectivity index (χ0v) is 12.6. The van der Waals surface area contributed by atoms with Crippen LogP contribution < -0.4 is 20.5 Å². The maximum absolute atomic E-state index is 12.3. The smallest absolute Gasteiger partial charge is 0.244 e. The van der Waals surface area contributed by atoms with Gasteiger partial charge in [-0.25, -0.2) is 15.0 Å². The van der Waals surface area contributed by atoms with Crippen molar-refractivity contribution in [2.75, 3.05) is 24.3 Å². The molecule has 1 aromatic carbocycles. The lowest BCUT2D eigenvalue weighted by Gasteiger charge is -2.19. The van der Waals surface area contributed by atoms with Crippen LogP contribution in [0.25, 0.3) is 11.2 Å². The van der Waals surface area contributed by atoms with Crippen molar-refractivity contribution >= 4 is 28.6 Å². The van der Waals surface area contributed by atoms with Crippen LogP contribution in [0.4, 0.5) is 11.5 Å². The average Bonchev–Trinajstić information content (AvgIpc) is 2.99. The van der Waals surface area contributed by atoms with Gasteiger partial charge in [0.15, 0.2) is 23.0 Å². The first kappa shape index (κ1) is 14.2. The van der Waals surface area contributed by atoms with Gasteiger partial charge in [-0.2, -0.15) is 0 Å². The van der Waals surface area contributed by atoms with E-state index in [9.17, 15) is 4.79 Å². The number of nitrogen functional groups attached to an aromatic ring is 1. The normalized spacial score (nSPS) is 13.0. The highest BCUT2D eigenvalue weighted by Crippen LogP contribution is 2.32. The van der Waals surface area contributed by atoms with E-state index in [2.05, 4.69) is 20.3 Å². The number of hydrogen-bond donors (Lipinski definition) is 2. The molecule has 3 heterocycles. The second-order valence-corrected chi connectivity index (χ2v) is 5.21. The molecule has 0 radical (unpaired) electrons. The molecule has 9 heteroatoms. The van der Waals surface area contributed by atoms with Crippen molar-refractivity contribution in [2.24, 2.45) is 0 Å². The Labute approximate surface area is 136 Å². The fourth-order valence-electron chi connectivity index (χ4n) is 2.49. The number of benzene rings is 1. The van der Waals surface area contributed by atoms with Crippen LogP contribution in [0.5, 0.6) is 11.5 Å². The summed E-state index contributed by atoms with van der Waals surface area (Å²) in [5.74, 6) is 1.36. The van der Waals surface area contributed by atoms with E-state index in [4.69, 9.17) is 15.2 Å². The predicted molar refractivity (Wildman–Crippen MR) is 85.8 cm³/mol. The van der Waals surface area contributed by atoms with Crippen LogP contribution in [-0.2, 0) is 11.3 Å². The molecule has 3 N–H and O–H groups in total. The van der Waals surface area contributed by atoms with Gasteiger partial charge in [0.2, 0.25) is 5.91 Å². The van der Waals surface area contributed by atoms with Crippen LogP contribution in [0.1, 0.15) is 0 Å². The molecule has 3 aromatic rings. The van der Waals surface area contributed by atoms with Crippen LogP contribution in [0.2, 0.25) is 0 Å². The highest BCUT2D eigenvalue weighted by molar-refractivity contribution is 5.92. The van der Waals surface area contributed by atoms with E-state index in [0.717, 1.165) is 0 Å². The summed E-state index contributed by atoms with van der Waals surface area (Å²) in [6.07, 6.45) is 2.85. The van der Waals surface area contributed by atoms with E-state index >= 15 is 0 Å². The summed E-state index contributed by atoms with van der Waals surface area (Å²) in [6.45, 7) is 1.07. The Hall–Kier alpha value is -3.36. The van der Waals surface area contributed by atoms with Crippen molar-refractivity contribution in [3.05, 3.63) is 30.9 Å². The molecule has 9 nitrogen and oxygen atoms in total. The van der Waals surface area contributed by atoms with E-state index in [0.29, 0.717) is 41.6 Å². The monoisotopic (exact) mass is 326 g/mol. The molecule has 4 rings (SSSR count). The molecule has 0 aliphatic carbocycles. The summed E-state index contributed by atoms with van der Waals surface area (Å²) in [5.41, 5.74) is 7.35. The fraction of sp³-hybridized carbons (Fsp3) is 0.200. The molecule has 122 valence electrons. The Kier molecular flexibility index (Phi) is 3.38. The minimum atomic E-state index is -0.219. The minimum Gasteiger partial charge on any atom is -0.486 e. The number of fused-ring (bicyclic) bond motifs is 2. The van der Waals surface area contributed by atoms with Gasteiger partial charge in [-0.05, 0) is 12.1 Å². The van der Waals surface area contributed by atoms with Crippen molar-refractivity contribution in [3.63, 3.8) is 0 Å². The van der Waals surface area contributed by atoms with Crippen LogP contribution in [0.3, 0.4) is 0 Å². The Morgan fingerprint density at radius 2 is 2.04 bits per heavy atom. The number of imidazole rings is 1. The Morgan fingerprint density at radius 3 is 2.92 bits per heavy atom. The molecular formula is C15H14N6O3. The van der Waals surface area contributed by atoms with Crippen molar-refractivity contribution in [1.82, 2.24) is 19.5 Å². The maximum Gasteiger partial charge on any atom is 0.244 e. The second kappa shape index (κ2) is 5.69. The number of rotatable bonds is 3. The van der Waals surface area contributed by atoms with Crippen molar-refractivity contribution in [2.45, 2.75) is 6.54 Å². The number of amides is 1. The highest BCUT2D eigenvalue weighted by atomic mass is 16.6. The van der Waals surface area contributed by atoms with Crippen molar-refractivity contribution in [3.8, 4) is 11.5 Å². The number of nitrogens with zero attached hydrogens (tertiary/aromatic N) is 4. The first-order valence-corrected chi connectivity index (χ1v) is 7.31. The summed E-state index contributed by atoms with van der Waals surface area (Å²) in [6, 6.07) is 5.26. The van der Waals surface area contributed by atoms with E-state index in [1.165, 1.54) is 12.7 Å². The fourth-order valence-corrected chi connectivity index (χ4v) is 2.49. The van der Waals surface area contributed by atoms with E-state index < -0.39 is 0 Å². The summed E-state index contributed by atoms with van der Waals surface area (Å²) in [5, 5.41) is 2.81. The molecule has 0 saturated carbocycles. The van der Waals surface area contributed by atoms with Crippen molar-refractivity contribution in [1.29, 1.82) is 0 Å². The summed E-state index contributed by atoms with van der Waals surface area (Å²) in [7, 11) is 0. The number of carbonyl (C=O) groups excluding carboxylic acids is 1. The maximum atomic E-state index is 12.3. The van der Waals surface area contributed by atoms with Crippen LogP contribution in [-0.4, -0.2) is 38.6 Å². The van der Waals surface area contributed by atoms with Gasteiger partial charge in [-0.3, -0.25) is 4.79 Å². The third-order valence-electron chi connectivity index (χ3n) is 3.57. The summed E-state index contributed by atoms with van der Waals surface area (Å²) >= 11 is 0. The van der Waals surface area contributed by atoms with Gasteiger partial charge in [0.25, 0.3) is 0 Å². The molecule has 1 aliphatic rings. The number of nitrogens with one attached hydrogen (secondary N) is 1. The minimum absolute atomic E-state index is 0.0569. The van der Waals surface area contributed by atoms with E-state index in [-0.39, 0.29) is 18.3 Å².